The number of carbonyl (C=O) groups is 1. The van der Waals surface area contributed by atoms with Crippen molar-refractivity contribution in [2.75, 3.05) is 5.88 Å². The SMILES string of the molecule is NC(=NC(=O)c1ccccc1)NC[SH](=O)=O. The van der Waals surface area contributed by atoms with Gasteiger partial charge in [-0.15, -0.1) is 0 Å². The molecule has 1 rings (SSSR count). The van der Waals surface area contributed by atoms with E-state index in [1.165, 1.54) is 0 Å². The fourth-order valence-corrected chi connectivity index (χ4v) is 1.23. The molecule has 1 aromatic carbocycles. The van der Waals surface area contributed by atoms with Gasteiger partial charge in [0.05, 0.1) is 0 Å². The van der Waals surface area contributed by atoms with E-state index < -0.39 is 16.6 Å². The van der Waals surface area contributed by atoms with E-state index in [0.717, 1.165) is 0 Å². The Morgan fingerprint density at radius 2 is 1.94 bits per heavy atom. The van der Waals surface area contributed by atoms with Crippen molar-refractivity contribution >= 4 is 22.6 Å². The molecule has 86 valence electrons. The molecular weight excluding hydrogens is 230 g/mol. The Hall–Kier alpha value is -1.89. The third-order valence-corrected chi connectivity index (χ3v) is 2.05. The van der Waals surface area contributed by atoms with E-state index in [9.17, 15) is 13.2 Å². The second kappa shape index (κ2) is 5.86. The number of nitrogens with two attached hydrogens (primary N) is 1. The van der Waals surface area contributed by atoms with Gasteiger partial charge in [-0.05, 0) is 12.1 Å². The molecule has 0 aliphatic heterocycles. The van der Waals surface area contributed by atoms with E-state index in [-0.39, 0.29) is 11.8 Å². The molecule has 0 spiro atoms. The quantitative estimate of drug-likeness (QED) is 0.369. The molecule has 0 saturated heterocycles. The zero-order valence-electron chi connectivity index (χ0n) is 8.29. The first-order valence-electron chi connectivity index (χ1n) is 4.39. The first-order chi connectivity index (χ1) is 7.59. The Kier molecular flexibility index (Phi) is 4.46. The standard InChI is InChI=1S/C9H11N3O3S/c10-9(11-6-16(14)15)12-8(13)7-4-2-1-3-5-7/h1-5,16H,6H2,(H3,10,11,12,13). The second-order valence-corrected chi connectivity index (χ2v) is 3.82. The smallest absolute Gasteiger partial charge is 0.280 e. The molecule has 0 aliphatic rings. The fourth-order valence-electron chi connectivity index (χ4n) is 0.940. The van der Waals surface area contributed by atoms with Gasteiger partial charge < -0.3 is 11.1 Å². The van der Waals surface area contributed by atoms with E-state index in [4.69, 9.17) is 5.73 Å². The van der Waals surface area contributed by atoms with Crippen LogP contribution in [-0.4, -0.2) is 26.2 Å². The lowest BCUT2D eigenvalue weighted by Gasteiger charge is -2.00. The molecule has 0 radical (unpaired) electrons. The number of carbonyl (C=O) groups excluding carboxylic acids is 1. The molecular formula is C9H11N3O3S. The molecule has 7 heteroatoms. The maximum atomic E-state index is 11.4. The highest BCUT2D eigenvalue weighted by atomic mass is 32.2. The van der Waals surface area contributed by atoms with Crippen molar-refractivity contribution in [2.24, 2.45) is 10.7 Å². The zero-order chi connectivity index (χ0) is 12.0. The lowest BCUT2D eigenvalue weighted by Crippen LogP contribution is -2.33. The van der Waals surface area contributed by atoms with Crippen LogP contribution in [0.3, 0.4) is 0 Å². The van der Waals surface area contributed by atoms with Gasteiger partial charge in [0.25, 0.3) is 5.91 Å². The lowest BCUT2D eigenvalue weighted by molar-refractivity contribution is 0.100. The molecule has 3 N–H and O–H groups in total. The average Bonchev–Trinajstić information content (AvgIpc) is 2.27. The summed E-state index contributed by atoms with van der Waals surface area (Å²) in [5, 5.41) is 2.29. The topological polar surface area (TPSA) is 102 Å². The van der Waals surface area contributed by atoms with Gasteiger partial charge in [0.1, 0.15) is 5.88 Å². The Balaban J connectivity index is 2.66. The number of nitrogens with zero attached hydrogens (tertiary/aromatic N) is 1. The molecule has 0 bridgehead atoms. The monoisotopic (exact) mass is 241 g/mol. The first-order valence-corrected chi connectivity index (χ1v) is 5.75. The van der Waals surface area contributed by atoms with Crippen molar-refractivity contribution in [3.63, 3.8) is 0 Å². The van der Waals surface area contributed by atoms with Gasteiger partial charge in [0.2, 0.25) is 0 Å². The summed E-state index contributed by atoms with van der Waals surface area (Å²) in [4.78, 5) is 14.9. The van der Waals surface area contributed by atoms with E-state index in [1.54, 1.807) is 30.3 Å². The summed E-state index contributed by atoms with van der Waals surface area (Å²) in [7, 11) is -2.60. The molecule has 1 amide bonds. The summed E-state index contributed by atoms with van der Waals surface area (Å²) in [6.07, 6.45) is 0. The Morgan fingerprint density at radius 3 is 2.50 bits per heavy atom. The number of nitrogens with one attached hydrogen (secondary N) is 1. The molecule has 0 saturated carbocycles. The van der Waals surface area contributed by atoms with Crippen LogP contribution in [0.2, 0.25) is 0 Å². The van der Waals surface area contributed by atoms with Gasteiger partial charge >= 0.3 is 0 Å². The Bertz CT molecular complexity index is 460. The number of guanidine groups is 1. The fraction of sp³-hybridized carbons (Fsp3) is 0.111. The number of rotatable bonds is 3. The molecule has 0 heterocycles. The van der Waals surface area contributed by atoms with Gasteiger partial charge in [-0.25, -0.2) is 8.42 Å². The van der Waals surface area contributed by atoms with Crippen molar-refractivity contribution in [3.05, 3.63) is 35.9 Å². The van der Waals surface area contributed by atoms with E-state index >= 15 is 0 Å². The largest absolute Gasteiger partial charge is 0.370 e. The van der Waals surface area contributed by atoms with Gasteiger partial charge in [-0.2, -0.15) is 4.99 Å². The van der Waals surface area contributed by atoms with Crippen LogP contribution in [-0.2, 0) is 10.7 Å². The van der Waals surface area contributed by atoms with Crippen molar-refractivity contribution in [2.45, 2.75) is 0 Å². The van der Waals surface area contributed by atoms with Gasteiger partial charge in [0.15, 0.2) is 16.7 Å². The number of amides is 1. The summed E-state index contributed by atoms with van der Waals surface area (Å²) in [6.45, 7) is 0. The van der Waals surface area contributed by atoms with Crippen LogP contribution < -0.4 is 11.1 Å². The van der Waals surface area contributed by atoms with Crippen LogP contribution in [0.5, 0.6) is 0 Å². The number of hydrogen-bond donors (Lipinski definition) is 3. The third-order valence-electron chi connectivity index (χ3n) is 1.63. The minimum absolute atomic E-state index is 0.215. The average molecular weight is 241 g/mol. The molecule has 0 aliphatic carbocycles. The number of aliphatic imine (C=N–C) groups is 1. The summed E-state index contributed by atoms with van der Waals surface area (Å²) >= 11 is 0. The lowest BCUT2D eigenvalue weighted by atomic mass is 10.2. The molecule has 6 nitrogen and oxygen atoms in total. The van der Waals surface area contributed by atoms with E-state index in [1.807, 2.05) is 0 Å². The minimum Gasteiger partial charge on any atom is -0.370 e. The predicted molar refractivity (Wildman–Crippen MR) is 60.7 cm³/mol. The third kappa shape index (κ3) is 4.09. The van der Waals surface area contributed by atoms with Crippen LogP contribution in [0.1, 0.15) is 10.4 Å². The van der Waals surface area contributed by atoms with E-state index in [0.29, 0.717) is 5.56 Å². The molecule has 0 unspecified atom stereocenters. The first kappa shape index (κ1) is 12.2. The van der Waals surface area contributed by atoms with Crippen molar-refractivity contribution in [1.82, 2.24) is 5.32 Å². The van der Waals surface area contributed by atoms with Gasteiger partial charge in [-0.3, -0.25) is 4.79 Å². The maximum absolute atomic E-state index is 11.4. The molecule has 1 aromatic rings. The Morgan fingerprint density at radius 1 is 1.31 bits per heavy atom. The predicted octanol–water partition coefficient (Wildman–Crippen LogP) is -0.700. The highest BCUT2D eigenvalue weighted by Gasteiger charge is 2.03. The minimum atomic E-state index is -2.60. The van der Waals surface area contributed by atoms with Crippen LogP contribution in [0.25, 0.3) is 0 Å². The summed E-state index contributed by atoms with van der Waals surface area (Å²) in [5.74, 6) is -1.08. The highest BCUT2D eigenvalue weighted by Crippen LogP contribution is 1.99. The Labute approximate surface area is 94.1 Å². The summed E-state index contributed by atoms with van der Waals surface area (Å²) in [6, 6.07) is 8.34. The summed E-state index contributed by atoms with van der Waals surface area (Å²) in [5.41, 5.74) is 5.70. The number of hydrogen-bond acceptors (Lipinski definition) is 3. The van der Waals surface area contributed by atoms with Crippen molar-refractivity contribution in [1.29, 1.82) is 0 Å². The molecule has 0 atom stereocenters. The van der Waals surface area contributed by atoms with Crippen molar-refractivity contribution < 1.29 is 13.2 Å². The van der Waals surface area contributed by atoms with Crippen LogP contribution in [0, 0.1) is 0 Å². The van der Waals surface area contributed by atoms with E-state index in [2.05, 4.69) is 10.3 Å². The second-order valence-electron chi connectivity index (χ2n) is 2.84. The number of thiol groups is 1. The summed E-state index contributed by atoms with van der Waals surface area (Å²) < 4.78 is 20.5. The highest BCUT2D eigenvalue weighted by molar-refractivity contribution is 7.72. The van der Waals surface area contributed by atoms with Crippen LogP contribution in [0.15, 0.2) is 35.3 Å². The molecule has 16 heavy (non-hydrogen) atoms. The molecule has 0 fully saturated rings. The zero-order valence-corrected chi connectivity index (χ0v) is 9.18. The normalized spacial score (nSPS) is 11.4. The van der Waals surface area contributed by atoms with Crippen LogP contribution in [0.4, 0.5) is 0 Å². The number of benzene rings is 1. The van der Waals surface area contributed by atoms with Crippen LogP contribution >= 0.6 is 0 Å². The van der Waals surface area contributed by atoms with Crippen molar-refractivity contribution in [3.8, 4) is 0 Å². The van der Waals surface area contributed by atoms with Gasteiger partial charge in [-0.1, -0.05) is 18.2 Å². The maximum Gasteiger partial charge on any atom is 0.280 e. The molecule has 0 aromatic heterocycles. The van der Waals surface area contributed by atoms with Gasteiger partial charge in [0, 0.05) is 5.56 Å².